The monoisotopic (exact) mass is 830 g/mol. The molecule has 3 saturated heterocycles. The fourth-order valence-electron chi connectivity index (χ4n) is 10.1. The lowest BCUT2D eigenvalue weighted by Crippen LogP contribution is -2.54. The summed E-state index contributed by atoms with van der Waals surface area (Å²) in [6, 6.07) is 12.9. The van der Waals surface area contributed by atoms with Crippen LogP contribution in [0.25, 0.3) is 44.2 Å². The number of fused-ring (bicyclic) bond motifs is 6. The van der Waals surface area contributed by atoms with E-state index in [1.807, 2.05) is 42.8 Å². The van der Waals surface area contributed by atoms with Crippen LogP contribution in [0.3, 0.4) is 0 Å². The Hall–Kier alpha value is -5.96. The van der Waals surface area contributed by atoms with Crippen molar-refractivity contribution in [2.45, 2.75) is 109 Å². The van der Waals surface area contributed by atoms with Crippen LogP contribution in [0.15, 0.2) is 48.7 Å². The van der Waals surface area contributed by atoms with E-state index in [2.05, 4.69) is 63.9 Å². The molecule has 320 valence electrons. The summed E-state index contributed by atoms with van der Waals surface area (Å²) in [7, 11) is 1.31. The summed E-state index contributed by atoms with van der Waals surface area (Å²) in [5.74, 6) is 1.92. The predicted octanol–water partition coefficient (Wildman–Crippen LogP) is 6.69. The number of hydrogen-bond acceptors (Lipinski definition) is 9. The second-order valence-corrected chi connectivity index (χ2v) is 17.4. The van der Waals surface area contributed by atoms with Gasteiger partial charge in [-0.3, -0.25) is 14.4 Å². The molecular weight excluding hydrogens is 777 g/mol. The van der Waals surface area contributed by atoms with E-state index in [9.17, 15) is 19.2 Å². The number of aromatic nitrogens is 4. The highest BCUT2D eigenvalue weighted by Gasteiger charge is 2.44. The zero-order chi connectivity index (χ0) is 42.5. The lowest BCUT2D eigenvalue weighted by atomic mass is 9.90. The fraction of sp³-hybridized carbons (Fsp3) is 0.478. The van der Waals surface area contributed by atoms with Gasteiger partial charge in [0.05, 0.1) is 42.1 Å². The second kappa shape index (κ2) is 16.5. The number of hydrogen-bond donors (Lipinski definition) is 4. The van der Waals surface area contributed by atoms with E-state index in [0.29, 0.717) is 39.1 Å². The molecule has 0 bridgehead atoms. The standard InChI is InChI=1S/C46H54N8O7/c1-24(2)39(48-23-55)44(56)53-25(3)6-12-36(53)42-47-21-35(50-42)29-8-10-31-30(18-29)22-61-38-20-32-28(19-33(31)38)9-11-34-41(32)51-43(49-34)37-13-7-26(4)54(37)45(57)40(52-46(58)59-5)27-14-16-60-17-15-27/h8-11,18-21,23-27,36-37,39-40H,6-7,12-17,22H2,1-5H3,(H,47,50)(H,48,55)(H,49,51)(H,52,58)/t25-,26-,36?,37?,39?,40?/m0/s1. The van der Waals surface area contributed by atoms with E-state index in [-0.39, 0.29) is 47.8 Å². The van der Waals surface area contributed by atoms with Crippen LogP contribution in [-0.2, 0) is 30.5 Å². The highest BCUT2D eigenvalue weighted by Crippen LogP contribution is 2.44. The summed E-state index contributed by atoms with van der Waals surface area (Å²) < 4.78 is 16.9. The third-order valence-corrected chi connectivity index (χ3v) is 13.4. The molecule has 6 atom stereocenters. The summed E-state index contributed by atoms with van der Waals surface area (Å²) in [5, 5.41) is 7.59. The van der Waals surface area contributed by atoms with Gasteiger partial charge < -0.3 is 44.6 Å². The van der Waals surface area contributed by atoms with Gasteiger partial charge in [0.2, 0.25) is 18.2 Å². The number of benzene rings is 3. The number of ether oxygens (including phenoxy) is 3. The van der Waals surface area contributed by atoms with Gasteiger partial charge in [-0.25, -0.2) is 14.8 Å². The van der Waals surface area contributed by atoms with Crippen molar-refractivity contribution >= 4 is 46.1 Å². The van der Waals surface area contributed by atoms with Gasteiger partial charge in [-0.2, -0.15) is 0 Å². The molecule has 15 nitrogen and oxygen atoms in total. The smallest absolute Gasteiger partial charge is 0.407 e. The quantitative estimate of drug-likeness (QED) is 0.111. The topological polar surface area (TPSA) is 184 Å². The van der Waals surface area contributed by atoms with Gasteiger partial charge in [0.1, 0.15) is 36.1 Å². The molecule has 4 unspecified atom stereocenters. The molecule has 2 aromatic heterocycles. The number of H-pyrrole nitrogens is 2. The van der Waals surface area contributed by atoms with Gasteiger partial charge in [0.15, 0.2) is 0 Å². The first-order chi connectivity index (χ1) is 29.5. The number of likely N-dealkylation sites (tertiary alicyclic amines) is 2. The Morgan fingerprint density at radius 2 is 1.62 bits per heavy atom. The predicted molar refractivity (Wildman–Crippen MR) is 228 cm³/mol. The van der Waals surface area contributed by atoms with E-state index in [1.165, 1.54) is 7.11 Å². The number of rotatable bonds is 10. The summed E-state index contributed by atoms with van der Waals surface area (Å²) in [5.41, 5.74) is 6.66. The first kappa shape index (κ1) is 40.4. The molecule has 61 heavy (non-hydrogen) atoms. The molecule has 3 fully saturated rings. The van der Waals surface area contributed by atoms with Crippen LogP contribution in [-0.4, -0.2) is 98.5 Å². The van der Waals surface area contributed by atoms with Gasteiger partial charge >= 0.3 is 6.09 Å². The SMILES string of the molecule is COC(=O)NC(C(=O)N1C(c2nc3ccc4cc5c(cc4c3[nH]2)OCc2cc(-c3cnc(C4CC[C@H](C)N4C(=O)C(NC=O)C(C)C)[nH]3)ccc2-5)CC[C@@H]1C)C1CCOCC1. The number of aromatic amines is 2. The van der Waals surface area contributed by atoms with Gasteiger partial charge in [-0.15, -0.1) is 0 Å². The molecule has 3 aromatic carbocycles. The van der Waals surface area contributed by atoms with Crippen LogP contribution in [0.5, 0.6) is 5.75 Å². The van der Waals surface area contributed by atoms with E-state index >= 15 is 0 Å². The van der Waals surface area contributed by atoms with Crippen molar-refractivity contribution in [2.24, 2.45) is 11.8 Å². The molecule has 4 N–H and O–H groups in total. The second-order valence-electron chi connectivity index (χ2n) is 17.4. The minimum absolute atomic E-state index is 0.0277. The minimum Gasteiger partial charge on any atom is -0.488 e. The van der Waals surface area contributed by atoms with Crippen LogP contribution < -0.4 is 15.4 Å². The molecule has 0 spiro atoms. The molecule has 0 saturated carbocycles. The highest BCUT2D eigenvalue weighted by atomic mass is 16.5. The Kier molecular flexibility index (Phi) is 10.9. The van der Waals surface area contributed by atoms with Crippen molar-refractivity contribution in [3.63, 3.8) is 0 Å². The molecular formula is C46H54N8O7. The number of amides is 4. The van der Waals surface area contributed by atoms with E-state index in [4.69, 9.17) is 24.2 Å². The first-order valence-corrected chi connectivity index (χ1v) is 21.6. The zero-order valence-electron chi connectivity index (χ0n) is 35.3. The summed E-state index contributed by atoms with van der Waals surface area (Å²) in [4.78, 5) is 72.5. The number of carbonyl (C=O) groups excluding carboxylic acids is 4. The normalized spacial score (nSPS) is 22.5. The maximum absolute atomic E-state index is 14.4. The van der Waals surface area contributed by atoms with Crippen molar-refractivity contribution in [3.8, 4) is 28.1 Å². The molecule has 0 aliphatic carbocycles. The molecule has 4 aliphatic heterocycles. The van der Waals surface area contributed by atoms with Gasteiger partial charge in [-0.1, -0.05) is 32.0 Å². The fourth-order valence-corrected chi connectivity index (χ4v) is 10.1. The van der Waals surface area contributed by atoms with Gasteiger partial charge in [-0.05, 0) is 111 Å². The number of carbonyl (C=O) groups is 4. The van der Waals surface area contributed by atoms with Gasteiger partial charge in [0, 0.05) is 36.2 Å². The zero-order valence-corrected chi connectivity index (χ0v) is 35.3. The maximum Gasteiger partial charge on any atom is 0.407 e. The molecule has 0 radical (unpaired) electrons. The molecule has 4 amide bonds. The Bertz CT molecular complexity index is 2490. The molecule has 9 rings (SSSR count). The first-order valence-electron chi connectivity index (χ1n) is 21.6. The lowest BCUT2D eigenvalue weighted by Gasteiger charge is -2.36. The number of nitrogens with one attached hydrogen (secondary N) is 4. The minimum atomic E-state index is -0.718. The van der Waals surface area contributed by atoms with Crippen molar-refractivity contribution < 1.29 is 33.4 Å². The largest absolute Gasteiger partial charge is 0.488 e. The Morgan fingerprint density at radius 3 is 2.34 bits per heavy atom. The van der Waals surface area contributed by atoms with E-state index in [0.717, 1.165) is 92.8 Å². The van der Waals surface area contributed by atoms with Crippen LogP contribution >= 0.6 is 0 Å². The summed E-state index contributed by atoms with van der Waals surface area (Å²) in [6.07, 6.45) is 6.37. The molecule has 6 heterocycles. The van der Waals surface area contributed by atoms with Crippen LogP contribution in [0, 0.1) is 11.8 Å². The van der Waals surface area contributed by atoms with Gasteiger partial charge in [0.25, 0.3) is 0 Å². The van der Waals surface area contributed by atoms with E-state index in [1.54, 1.807) is 0 Å². The van der Waals surface area contributed by atoms with Crippen LogP contribution in [0.2, 0.25) is 0 Å². The molecule has 15 heteroatoms. The Labute approximate surface area is 354 Å². The van der Waals surface area contributed by atoms with E-state index < -0.39 is 18.2 Å². The van der Waals surface area contributed by atoms with Crippen LogP contribution in [0.1, 0.15) is 95.5 Å². The summed E-state index contributed by atoms with van der Waals surface area (Å²) >= 11 is 0. The molecule has 5 aromatic rings. The number of methoxy groups -OCH3 is 1. The van der Waals surface area contributed by atoms with Crippen molar-refractivity contribution in [3.05, 3.63) is 65.9 Å². The average Bonchev–Trinajstić information content (AvgIpc) is 4.09. The summed E-state index contributed by atoms with van der Waals surface area (Å²) in [6.45, 7) is 9.46. The average molecular weight is 831 g/mol. The number of nitrogens with zero attached hydrogens (tertiary/aromatic N) is 4. The number of alkyl carbamates (subject to hydrolysis) is 1. The Morgan fingerprint density at radius 1 is 0.885 bits per heavy atom. The van der Waals surface area contributed by atoms with Crippen molar-refractivity contribution in [1.82, 2.24) is 40.4 Å². The number of imidazole rings is 2. The molecule has 4 aliphatic rings. The maximum atomic E-state index is 14.4. The third-order valence-electron chi connectivity index (χ3n) is 13.4. The third kappa shape index (κ3) is 7.36. The highest BCUT2D eigenvalue weighted by molar-refractivity contribution is 6.07. The lowest BCUT2D eigenvalue weighted by molar-refractivity contribution is -0.139. The van der Waals surface area contributed by atoms with Crippen molar-refractivity contribution in [2.75, 3.05) is 20.3 Å². The Balaban J connectivity index is 0.973. The van der Waals surface area contributed by atoms with Crippen LogP contribution in [0.4, 0.5) is 4.79 Å². The van der Waals surface area contributed by atoms with Crippen molar-refractivity contribution in [1.29, 1.82) is 0 Å².